The summed E-state index contributed by atoms with van der Waals surface area (Å²) in [5.41, 5.74) is 4.39. The number of methoxy groups -OCH3 is 1. The summed E-state index contributed by atoms with van der Waals surface area (Å²) in [6.45, 7) is 0. The molecule has 18 heavy (non-hydrogen) atoms. The number of ether oxygens (including phenoxy) is 1. The number of esters is 1. The fourth-order valence-electron chi connectivity index (χ4n) is 3.07. The fourth-order valence-corrected chi connectivity index (χ4v) is 3.07. The van der Waals surface area contributed by atoms with Crippen molar-refractivity contribution in [2.24, 2.45) is 0 Å². The molecule has 0 bridgehead atoms. The summed E-state index contributed by atoms with van der Waals surface area (Å²) in [5, 5.41) is 0. The van der Waals surface area contributed by atoms with Gasteiger partial charge in [-0.05, 0) is 41.5 Å². The Morgan fingerprint density at radius 2 is 2.00 bits per heavy atom. The third-order valence-electron chi connectivity index (χ3n) is 4.15. The Bertz CT molecular complexity index is 508. The van der Waals surface area contributed by atoms with Gasteiger partial charge in [0.1, 0.15) is 0 Å². The van der Waals surface area contributed by atoms with Crippen LogP contribution in [0.5, 0.6) is 0 Å². The molecule has 2 aliphatic carbocycles. The fraction of sp³-hybridized carbons (Fsp3) is 0.438. The smallest absolute Gasteiger partial charge is 0.338 e. The van der Waals surface area contributed by atoms with Gasteiger partial charge >= 0.3 is 5.97 Å². The normalized spacial score (nSPS) is 18.6. The third kappa shape index (κ3) is 1.86. The lowest BCUT2D eigenvalue weighted by molar-refractivity contribution is -0.133. The number of hydrogen-bond acceptors (Lipinski definition) is 2. The summed E-state index contributed by atoms with van der Waals surface area (Å²) < 4.78 is 4.75. The van der Waals surface area contributed by atoms with E-state index in [0.29, 0.717) is 5.57 Å². The Balaban J connectivity index is 1.81. The van der Waals surface area contributed by atoms with Gasteiger partial charge in [-0.1, -0.05) is 37.5 Å². The van der Waals surface area contributed by atoms with Crippen LogP contribution in [-0.4, -0.2) is 13.1 Å². The Kier molecular flexibility index (Phi) is 2.94. The zero-order chi connectivity index (χ0) is 12.5. The van der Waals surface area contributed by atoms with E-state index in [4.69, 9.17) is 4.74 Å². The first-order chi connectivity index (χ1) is 8.79. The zero-order valence-corrected chi connectivity index (χ0v) is 10.7. The molecule has 0 amide bonds. The molecular formula is C16H18O2. The third-order valence-corrected chi connectivity index (χ3v) is 4.15. The van der Waals surface area contributed by atoms with Gasteiger partial charge in [-0.25, -0.2) is 4.79 Å². The van der Waals surface area contributed by atoms with Crippen molar-refractivity contribution < 1.29 is 9.53 Å². The van der Waals surface area contributed by atoms with Crippen LogP contribution in [0, 0.1) is 0 Å². The van der Waals surface area contributed by atoms with E-state index in [9.17, 15) is 4.79 Å². The lowest BCUT2D eigenvalue weighted by atomic mass is 9.80. The number of rotatable bonds is 2. The van der Waals surface area contributed by atoms with E-state index in [2.05, 4.69) is 18.2 Å². The Hall–Kier alpha value is -1.57. The molecule has 1 aromatic rings. The van der Waals surface area contributed by atoms with E-state index in [-0.39, 0.29) is 5.97 Å². The van der Waals surface area contributed by atoms with E-state index < -0.39 is 0 Å². The van der Waals surface area contributed by atoms with Crippen molar-refractivity contribution in [2.75, 3.05) is 7.11 Å². The van der Waals surface area contributed by atoms with Crippen molar-refractivity contribution >= 4 is 17.6 Å². The first kappa shape index (κ1) is 11.5. The van der Waals surface area contributed by atoms with Crippen LogP contribution in [0.1, 0.15) is 54.7 Å². The molecule has 1 saturated carbocycles. The van der Waals surface area contributed by atoms with E-state index in [0.717, 1.165) is 11.5 Å². The summed E-state index contributed by atoms with van der Waals surface area (Å²) in [7, 11) is 1.43. The maximum atomic E-state index is 11.5. The second-order valence-corrected chi connectivity index (χ2v) is 5.23. The summed E-state index contributed by atoms with van der Waals surface area (Å²) in [6.07, 6.45) is 8.65. The van der Waals surface area contributed by atoms with Gasteiger partial charge in [-0.2, -0.15) is 0 Å². The first-order valence-electron chi connectivity index (χ1n) is 6.74. The highest BCUT2D eigenvalue weighted by Gasteiger charge is 2.24. The predicted octanol–water partition coefficient (Wildman–Crippen LogP) is 3.76. The van der Waals surface area contributed by atoms with Crippen molar-refractivity contribution in [1.29, 1.82) is 0 Å². The Labute approximate surface area is 108 Å². The number of fused-ring (bicyclic) bond motifs is 1. The van der Waals surface area contributed by atoms with E-state index in [1.165, 1.54) is 50.3 Å². The lowest BCUT2D eigenvalue weighted by Crippen LogP contribution is -2.12. The first-order valence-corrected chi connectivity index (χ1v) is 6.74. The van der Waals surface area contributed by atoms with Crippen molar-refractivity contribution in [3.05, 3.63) is 34.9 Å². The second kappa shape index (κ2) is 4.60. The molecule has 2 nitrogen and oxygen atoms in total. The standard InChI is InChI=1S/C16H18O2/c1-18-16(17)15-10-13-9-12(7-8-14(13)15)11-5-3-2-4-6-11/h7-11H,2-6H2,1H3. The Morgan fingerprint density at radius 1 is 1.22 bits per heavy atom. The quantitative estimate of drug-likeness (QED) is 0.738. The van der Waals surface area contributed by atoms with E-state index in [1.54, 1.807) is 0 Å². The maximum absolute atomic E-state index is 11.5. The van der Waals surface area contributed by atoms with Crippen LogP contribution >= 0.6 is 0 Å². The highest BCUT2D eigenvalue weighted by Crippen LogP contribution is 2.38. The number of carbonyl (C=O) groups excluding carboxylic acids is 1. The van der Waals surface area contributed by atoms with Crippen LogP contribution in [0.25, 0.3) is 11.6 Å². The second-order valence-electron chi connectivity index (χ2n) is 5.23. The van der Waals surface area contributed by atoms with Crippen molar-refractivity contribution in [1.82, 2.24) is 0 Å². The summed E-state index contributed by atoms with van der Waals surface area (Å²) in [5.74, 6) is 0.493. The average Bonchev–Trinajstić information content (AvgIpc) is 2.40. The molecule has 0 heterocycles. The van der Waals surface area contributed by atoms with Crippen LogP contribution < -0.4 is 0 Å². The van der Waals surface area contributed by atoms with Crippen LogP contribution in [0.4, 0.5) is 0 Å². The largest absolute Gasteiger partial charge is 0.465 e. The molecule has 1 aromatic carbocycles. The molecule has 2 aliphatic rings. The summed E-state index contributed by atoms with van der Waals surface area (Å²) >= 11 is 0. The van der Waals surface area contributed by atoms with Gasteiger partial charge in [0.05, 0.1) is 12.7 Å². The molecule has 2 heteroatoms. The molecule has 0 unspecified atom stereocenters. The molecule has 0 aromatic heterocycles. The van der Waals surface area contributed by atoms with Crippen LogP contribution in [0.3, 0.4) is 0 Å². The molecule has 0 radical (unpaired) electrons. The molecule has 94 valence electrons. The van der Waals surface area contributed by atoms with Crippen LogP contribution in [-0.2, 0) is 9.53 Å². The minimum atomic E-state index is -0.229. The van der Waals surface area contributed by atoms with E-state index in [1.807, 2.05) is 6.08 Å². The van der Waals surface area contributed by atoms with E-state index >= 15 is 0 Å². The van der Waals surface area contributed by atoms with Gasteiger partial charge in [0.2, 0.25) is 0 Å². The minimum Gasteiger partial charge on any atom is -0.465 e. The monoisotopic (exact) mass is 242 g/mol. The van der Waals surface area contributed by atoms with Gasteiger partial charge in [0.15, 0.2) is 0 Å². The van der Waals surface area contributed by atoms with Crippen LogP contribution in [0.15, 0.2) is 18.2 Å². The topological polar surface area (TPSA) is 26.3 Å². The zero-order valence-electron chi connectivity index (χ0n) is 10.7. The summed E-state index contributed by atoms with van der Waals surface area (Å²) in [4.78, 5) is 11.5. The van der Waals surface area contributed by atoms with Gasteiger partial charge < -0.3 is 4.74 Å². The molecule has 3 rings (SSSR count). The summed E-state index contributed by atoms with van der Waals surface area (Å²) in [6, 6.07) is 6.51. The minimum absolute atomic E-state index is 0.229. The molecule has 1 fully saturated rings. The Morgan fingerprint density at radius 3 is 2.67 bits per heavy atom. The van der Waals surface area contributed by atoms with Gasteiger partial charge in [-0.15, -0.1) is 0 Å². The van der Waals surface area contributed by atoms with Crippen LogP contribution in [0.2, 0.25) is 0 Å². The number of benzene rings is 1. The van der Waals surface area contributed by atoms with Crippen molar-refractivity contribution in [2.45, 2.75) is 38.0 Å². The number of hydrogen-bond donors (Lipinski definition) is 0. The molecular weight excluding hydrogens is 224 g/mol. The molecule has 0 saturated heterocycles. The SMILES string of the molecule is COC(=O)C1=Cc2cc(C3CCCCC3)ccc21. The van der Waals surface area contributed by atoms with Crippen molar-refractivity contribution in [3.63, 3.8) is 0 Å². The lowest BCUT2D eigenvalue weighted by Gasteiger charge is -2.25. The average molecular weight is 242 g/mol. The van der Waals surface area contributed by atoms with Gasteiger partial charge in [-0.3, -0.25) is 0 Å². The van der Waals surface area contributed by atoms with Crippen molar-refractivity contribution in [3.8, 4) is 0 Å². The molecule has 0 aliphatic heterocycles. The predicted molar refractivity (Wildman–Crippen MR) is 72.2 cm³/mol. The van der Waals surface area contributed by atoms with Gasteiger partial charge in [0, 0.05) is 0 Å². The highest BCUT2D eigenvalue weighted by molar-refractivity contribution is 6.27. The number of carbonyl (C=O) groups is 1. The molecule has 0 N–H and O–H groups in total. The maximum Gasteiger partial charge on any atom is 0.338 e. The van der Waals surface area contributed by atoms with Gasteiger partial charge in [0.25, 0.3) is 0 Å². The molecule has 0 atom stereocenters. The highest BCUT2D eigenvalue weighted by atomic mass is 16.5. The molecule has 0 spiro atoms.